The Morgan fingerprint density at radius 2 is 1.62 bits per heavy atom. The quantitative estimate of drug-likeness (QED) is 0.205. The monoisotopic (exact) mass is 588 g/mol. The Hall–Kier alpha value is -3.63. The molecule has 2 aromatic carbocycles. The van der Waals surface area contributed by atoms with Crippen molar-refractivity contribution in [2.75, 3.05) is 39.9 Å². The maximum absolute atomic E-state index is 13.4. The van der Waals surface area contributed by atoms with Gasteiger partial charge in [-0.2, -0.15) is 0 Å². The summed E-state index contributed by atoms with van der Waals surface area (Å²) in [6.45, 7) is 0. The highest BCUT2D eigenvalue weighted by atomic mass is 35.5. The van der Waals surface area contributed by atoms with Crippen molar-refractivity contribution in [3.8, 4) is 17.2 Å². The molecule has 11 heteroatoms. The molecule has 0 saturated carbocycles. The van der Waals surface area contributed by atoms with E-state index in [4.69, 9.17) is 25.8 Å². The van der Waals surface area contributed by atoms with Gasteiger partial charge in [-0.15, -0.1) is 0 Å². The number of pyridine rings is 1. The van der Waals surface area contributed by atoms with Crippen LogP contribution in [0.25, 0.3) is 0 Å². The fraction of sp³-hybridized carbons (Fsp3) is 0.345. The second-order valence-corrected chi connectivity index (χ2v) is 11.9. The number of amides is 1. The van der Waals surface area contributed by atoms with Crippen molar-refractivity contribution >= 4 is 33.1 Å². The molecule has 0 unspecified atom stereocenters. The van der Waals surface area contributed by atoms with Crippen LogP contribution in [0.2, 0.25) is 5.02 Å². The molecule has 0 bridgehead atoms. The molecule has 1 amide bonds. The van der Waals surface area contributed by atoms with Crippen LogP contribution in [0, 0.1) is 0 Å². The predicted molar refractivity (Wildman–Crippen MR) is 153 cm³/mol. The first-order valence-corrected chi connectivity index (χ1v) is 14.7. The normalized spacial score (nSPS) is 11.9. The number of likely N-dealkylation sites (N-methyl/N-ethyl adjacent to an activating group) is 1. The fourth-order valence-electron chi connectivity index (χ4n) is 4.28. The molecule has 3 rings (SSSR count). The predicted octanol–water partition coefficient (Wildman–Crippen LogP) is 4.06. The van der Waals surface area contributed by atoms with E-state index in [1.807, 2.05) is 6.07 Å². The highest BCUT2D eigenvalue weighted by Crippen LogP contribution is 2.38. The molecule has 40 heavy (non-hydrogen) atoms. The summed E-state index contributed by atoms with van der Waals surface area (Å²) < 4.78 is 42.2. The van der Waals surface area contributed by atoms with Crippen molar-refractivity contribution in [2.24, 2.45) is 0 Å². The molecule has 0 N–H and O–H groups in total. The molecular weight excluding hydrogens is 556 g/mol. The molecule has 0 saturated heterocycles. The van der Waals surface area contributed by atoms with Gasteiger partial charge in [-0.25, -0.2) is 8.42 Å². The van der Waals surface area contributed by atoms with Gasteiger partial charge in [0.15, 0.2) is 21.3 Å². The van der Waals surface area contributed by atoms with Crippen LogP contribution in [0.5, 0.6) is 17.2 Å². The summed E-state index contributed by atoms with van der Waals surface area (Å²) in [5.74, 6) is -1.37. The second-order valence-electron chi connectivity index (χ2n) is 9.22. The molecule has 1 heterocycles. The summed E-state index contributed by atoms with van der Waals surface area (Å²) in [5.41, 5.74) is 1.74. The minimum Gasteiger partial charge on any atom is -0.493 e. The number of aryl methyl sites for hydroxylation is 1. The van der Waals surface area contributed by atoms with E-state index in [9.17, 15) is 18.0 Å². The molecule has 1 aromatic heterocycles. The van der Waals surface area contributed by atoms with E-state index in [2.05, 4.69) is 4.98 Å². The topological polar surface area (TPSA) is 112 Å². The van der Waals surface area contributed by atoms with Gasteiger partial charge >= 0.3 is 0 Å². The number of Topliss-reactive ketones (excluding diaryl/α,β-unsaturated/α-hetero) is 1. The Balaban J connectivity index is 1.83. The lowest BCUT2D eigenvalue weighted by Crippen LogP contribution is -2.46. The van der Waals surface area contributed by atoms with Crippen LogP contribution in [0.15, 0.2) is 60.9 Å². The van der Waals surface area contributed by atoms with Crippen molar-refractivity contribution in [1.82, 2.24) is 9.88 Å². The maximum atomic E-state index is 13.4. The van der Waals surface area contributed by atoms with Gasteiger partial charge in [-0.05, 0) is 60.7 Å². The van der Waals surface area contributed by atoms with E-state index in [0.717, 1.165) is 11.1 Å². The SMILES string of the molecule is COc1cc(C(=O)C(=O)N(C)[C@@H](Cc2ccc(Cl)cc2)CS(=O)(=O)CCCc2cccnc2)cc(OC)c1OC. The third-order valence-electron chi connectivity index (χ3n) is 6.46. The van der Waals surface area contributed by atoms with Crippen LogP contribution in [-0.2, 0) is 27.5 Å². The first-order chi connectivity index (χ1) is 19.1. The van der Waals surface area contributed by atoms with Crippen LogP contribution >= 0.6 is 11.6 Å². The standard InChI is InChI=1S/C29H33ClN2O7S/c1-32(29(34)27(33)22-16-25(37-2)28(39-4)26(17-22)38-3)24(15-20-9-11-23(30)12-10-20)19-40(35,36)14-6-8-21-7-5-13-31-18-21/h5,7,9-13,16-18,24H,6,8,14-15,19H2,1-4H3/t24-/m0/s1. The van der Waals surface area contributed by atoms with Crippen molar-refractivity contribution < 1.29 is 32.2 Å². The van der Waals surface area contributed by atoms with Gasteiger partial charge in [0.1, 0.15) is 0 Å². The van der Waals surface area contributed by atoms with E-state index >= 15 is 0 Å². The van der Waals surface area contributed by atoms with Gasteiger partial charge < -0.3 is 19.1 Å². The summed E-state index contributed by atoms with van der Waals surface area (Å²) in [7, 11) is 2.08. The second kappa shape index (κ2) is 14.1. The highest BCUT2D eigenvalue weighted by molar-refractivity contribution is 7.91. The number of carbonyl (C=O) groups excluding carboxylic acids is 2. The number of ketones is 1. The number of rotatable bonds is 14. The largest absolute Gasteiger partial charge is 0.493 e. The average molecular weight is 589 g/mol. The first-order valence-electron chi connectivity index (χ1n) is 12.5. The van der Waals surface area contributed by atoms with Gasteiger partial charge in [0, 0.05) is 36.1 Å². The van der Waals surface area contributed by atoms with Crippen molar-refractivity contribution in [2.45, 2.75) is 25.3 Å². The Morgan fingerprint density at radius 3 is 2.17 bits per heavy atom. The smallest absolute Gasteiger partial charge is 0.294 e. The lowest BCUT2D eigenvalue weighted by atomic mass is 10.0. The molecule has 0 aliphatic rings. The minimum atomic E-state index is -3.59. The molecule has 0 aliphatic heterocycles. The summed E-state index contributed by atoms with van der Waals surface area (Å²) in [5, 5.41) is 0.533. The molecule has 1 atom stereocenters. The number of sulfone groups is 1. The van der Waals surface area contributed by atoms with Gasteiger partial charge in [0.2, 0.25) is 5.75 Å². The number of methoxy groups -OCH3 is 3. The zero-order valence-corrected chi connectivity index (χ0v) is 24.5. The van der Waals surface area contributed by atoms with E-state index < -0.39 is 27.6 Å². The number of nitrogens with zero attached hydrogens (tertiary/aromatic N) is 2. The number of benzene rings is 2. The van der Waals surface area contributed by atoms with Gasteiger partial charge in [0.05, 0.1) is 32.8 Å². The third-order valence-corrected chi connectivity index (χ3v) is 8.52. The van der Waals surface area contributed by atoms with E-state index in [1.165, 1.54) is 45.4 Å². The first kappa shape index (κ1) is 30.9. The maximum Gasteiger partial charge on any atom is 0.294 e. The minimum absolute atomic E-state index is 0.0240. The average Bonchev–Trinajstić information content (AvgIpc) is 2.96. The third kappa shape index (κ3) is 8.19. The molecule has 9 nitrogen and oxygen atoms in total. The zero-order valence-electron chi connectivity index (χ0n) is 22.9. The number of aromatic nitrogens is 1. The lowest BCUT2D eigenvalue weighted by molar-refractivity contribution is -0.126. The molecule has 3 aromatic rings. The molecule has 0 aliphatic carbocycles. The Morgan fingerprint density at radius 1 is 0.975 bits per heavy atom. The van der Waals surface area contributed by atoms with E-state index in [1.54, 1.807) is 42.7 Å². The van der Waals surface area contributed by atoms with Crippen molar-refractivity contribution in [1.29, 1.82) is 0 Å². The number of ether oxygens (including phenoxy) is 3. The molecule has 0 fully saturated rings. The summed E-state index contributed by atoms with van der Waals surface area (Å²) in [4.78, 5) is 32.0. The van der Waals surface area contributed by atoms with E-state index in [-0.39, 0.29) is 40.7 Å². The van der Waals surface area contributed by atoms with Gasteiger partial charge in [-0.3, -0.25) is 14.6 Å². The van der Waals surface area contributed by atoms with Crippen molar-refractivity contribution in [3.05, 3.63) is 82.6 Å². The highest BCUT2D eigenvalue weighted by Gasteiger charge is 2.31. The van der Waals surface area contributed by atoms with Crippen LogP contribution in [0.1, 0.15) is 27.9 Å². The van der Waals surface area contributed by atoms with Crippen LogP contribution in [0.4, 0.5) is 0 Å². The molecule has 214 valence electrons. The van der Waals surface area contributed by atoms with Gasteiger partial charge in [0.25, 0.3) is 11.7 Å². The van der Waals surface area contributed by atoms with Crippen molar-refractivity contribution in [3.63, 3.8) is 0 Å². The number of hydrogen-bond acceptors (Lipinski definition) is 8. The van der Waals surface area contributed by atoms with Gasteiger partial charge in [-0.1, -0.05) is 29.8 Å². The number of halogens is 1. The van der Waals surface area contributed by atoms with Crippen LogP contribution in [-0.4, -0.2) is 75.9 Å². The summed E-state index contributed by atoms with van der Waals surface area (Å²) in [6, 6.07) is 12.6. The lowest BCUT2D eigenvalue weighted by Gasteiger charge is -2.28. The summed E-state index contributed by atoms with van der Waals surface area (Å²) >= 11 is 6.02. The number of hydrogen-bond donors (Lipinski definition) is 0. The Bertz CT molecular complexity index is 1390. The Labute approximate surface area is 239 Å². The molecule has 0 spiro atoms. The molecule has 0 radical (unpaired) electrons. The summed E-state index contributed by atoms with van der Waals surface area (Å²) in [6.07, 6.45) is 4.54. The zero-order chi connectivity index (χ0) is 29.3. The fourth-order valence-corrected chi connectivity index (χ4v) is 6.09. The number of carbonyl (C=O) groups is 2. The molecular formula is C29H33ClN2O7S. The van der Waals surface area contributed by atoms with Crippen LogP contribution < -0.4 is 14.2 Å². The van der Waals surface area contributed by atoms with E-state index in [0.29, 0.717) is 17.9 Å². The Kier molecular flexibility index (Phi) is 10.9. The van der Waals surface area contributed by atoms with Crippen LogP contribution in [0.3, 0.4) is 0 Å².